The molecular weight excluding hydrogens is 190 g/mol. The smallest absolute Gasteiger partial charge is 0.118 e. The Morgan fingerprint density at radius 3 is 2.33 bits per heavy atom. The Kier molecular flexibility index (Phi) is 4.59. The maximum Gasteiger partial charge on any atom is 0.118 e. The van der Waals surface area contributed by atoms with Crippen LogP contribution in [-0.4, -0.2) is 24.8 Å². The van der Waals surface area contributed by atoms with Crippen molar-refractivity contribution in [3.05, 3.63) is 29.8 Å². The molecule has 0 aliphatic heterocycles. The van der Waals surface area contributed by atoms with Crippen molar-refractivity contribution in [2.24, 2.45) is 0 Å². The highest BCUT2D eigenvalue weighted by Gasteiger charge is 2.07. The first-order chi connectivity index (χ1) is 7.13. The van der Waals surface area contributed by atoms with Crippen LogP contribution in [0.5, 0.6) is 5.75 Å². The van der Waals surface area contributed by atoms with Crippen molar-refractivity contribution < 1.29 is 9.84 Å². The molecule has 0 bridgehead atoms. The van der Waals surface area contributed by atoms with Crippen LogP contribution in [0.3, 0.4) is 0 Å². The van der Waals surface area contributed by atoms with Gasteiger partial charge < -0.3 is 15.2 Å². The Balaban J connectivity index is 2.54. The lowest BCUT2D eigenvalue weighted by atomic mass is 10.1. The van der Waals surface area contributed by atoms with E-state index in [-0.39, 0.29) is 0 Å². The first-order valence-electron chi connectivity index (χ1n) is 5.19. The average Bonchev–Trinajstić information content (AvgIpc) is 2.26. The Morgan fingerprint density at radius 1 is 1.27 bits per heavy atom. The second-order valence-electron chi connectivity index (χ2n) is 3.85. The molecule has 0 aromatic heterocycles. The maximum atomic E-state index is 9.83. The molecule has 0 unspecified atom stereocenters. The van der Waals surface area contributed by atoms with Crippen molar-refractivity contribution in [2.75, 3.05) is 13.7 Å². The molecule has 0 fully saturated rings. The van der Waals surface area contributed by atoms with Crippen molar-refractivity contribution >= 4 is 0 Å². The summed E-state index contributed by atoms with van der Waals surface area (Å²) in [4.78, 5) is 0. The number of benzene rings is 1. The molecule has 1 aromatic rings. The van der Waals surface area contributed by atoms with Crippen molar-refractivity contribution in [1.82, 2.24) is 5.32 Å². The summed E-state index contributed by atoms with van der Waals surface area (Å²) >= 11 is 0. The molecule has 0 saturated heterocycles. The summed E-state index contributed by atoms with van der Waals surface area (Å²) in [5.74, 6) is 0.808. The lowest BCUT2D eigenvalue weighted by molar-refractivity contribution is 0.171. The summed E-state index contributed by atoms with van der Waals surface area (Å²) in [6.45, 7) is 4.69. The molecule has 0 aliphatic rings. The van der Waals surface area contributed by atoms with Gasteiger partial charge in [0.25, 0.3) is 0 Å². The van der Waals surface area contributed by atoms with Crippen LogP contribution in [0, 0.1) is 0 Å². The predicted molar refractivity (Wildman–Crippen MR) is 61.1 cm³/mol. The fraction of sp³-hybridized carbons (Fsp3) is 0.500. The maximum absolute atomic E-state index is 9.83. The predicted octanol–water partition coefficient (Wildman–Crippen LogP) is 1.73. The van der Waals surface area contributed by atoms with Crippen molar-refractivity contribution in [3.63, 3.8) is 0 Å². The minimum atomic E-state index is -0.460. The normalized spacial score (nSPS) is 12.9. The molecular formula is C12H19NO2. The number of aliphatic hydroxyl groups excluding tert-OH is 1. The minimum Gasteiger partial charge on any atom is -0.497 e. The SMILES string of the molecule is COc1ccc([C@@H](O)CNC(C)C)cc1. The van der Waals surface area contributed by atoms with Crippen LogP contribution < -0.4 is 10.1 Å². The Morgan fingerprint density at radius 2 is 1.87 bits per heavy atom. The van der Waals surface area contributed by atoms with Gasteiger partial charge in [-0.25, -0.2) is 0 Å². The number of hydrogen-bond donors (Lipinski definition) is 2. The van der Waals surface area contributed by atoms with Crippen molar-refractivity contribution in [3.8, 4) is 5.75 Å². The van der Waals surface area contributed by atoms with Crippen LogP contribution in [0.2, 0.25) is 0 Å². The molecule has 84 valence electrons. The van der Waals surface area contributed by atoms with Crippen LogP contribution in [-0.2, 0) is 0 Å². The molecule has 1 aromatic carbocycles. The summed E-state index contributed by atoms with van der Waals surface area (Å²) in [5, 5.41) is 13.0. The second-order valence-corrected chi connectivity index (χ2v) is 3.85. The zero-order valence-corrected chi connectivity index (χ0v) is 9.53. The molecule has 1 atom stereocenters. The summed E-state index contributed by atoms with van der Waals surface area (Å²) in [5.41, 5.74) is 0.906. The third-order valence-electron chi connectivity index (χ3n) is 2.22. The number of rotatable bonds is 5. The van der Waals surface area contributed by atoms with E-state index in [4.69, 9.17) is 4.74 Å². The fourth-order valence-electron chi connectivity index (χ4n) is 1.29. The summed E-state index contributed by atoms with van der Waals surface area (Å²) < 4.78 is 5.05. The molecule has 1 rings (SSSR count). The molecule has 0 amide bonds. The number of hydrogen-bond acceptors (Lipinski definition) is 3. The first kappa shape index (κ1) is 12.0. The van der Waals surface area contributed by atoms with E-state index in [1.54, 1.807) is 7.11 Å². The third kappa shape index (κ3) is 3.90. The van der Waals surface area contributed by atoms with Gasteiger partial charge in [-0.2, -0.15) is 0 Å². The summed E-state index contributed by atoms with van der Waals surface area (Å²) in [6, 6.07) is 7.86. The highest BCUT2D eigenvalue weighted by Crippen LogP contribution is 2.16. The number of nitrogens with one attached hydrogen (secondary N) is 1. The van der Waals surface area contributed by atoms with Gasteiger partial charge in [0.05, 0.1) is 13.2 Å². The van der Waals surface area contributed by atoms with Gasteiger partial charge in [-0.05, 0) is 17.7 Å². The molecule has 0 saturated carbocycles. The molecule has 15 heavy (non-hydrogen) atoms. The lowest BCUT2D eigenvalue weighted by Crippen LogP contribution is -2.27. The monoisotopic (exact) mass is 209 g/mol. The van der Waals surface area contributed by atoms with E-state index in [0.717, 1.165) is 11.3 Å². The van der Waals surface area contributed by atoms with Gasteiger partial charge in [0.2, 0.25) is 0 Å². The van der Waals surface area contributed by atoms with E-state index in [1.807, 2.05) is 24.3 Å². The van der Waals surface area contributed by atoms with Crippen LogP contribution in [0.1, 0.15) is 25.5 Å². The molecule has 2 N–H and O–H groups in total. The van der Waals surface area contributed by atoms with Gasteiger partial charge in [-0.15, -0.1) is 0 Å². The number of methoxy groups -OCH3 is 1. The van der Waals surface area contributed by atoms with E-state index < -0.39 is 6.10 Å². The van der Waals surface area contributed by atoms with Crippen LogP contribution in [0.15, 0.2) is 24.3 Å². The number of aliphatic hydroxyl groups is 1. The molecule has 0 aliphatic carbocycles. The molecule has 3 heteroatoms. The first-order valence-corrected chi connectivity index (χ1v) is 5.19. The summed E-state index contributed by atoms with van der Waals surface area (Å²) in [6.07, 6.45) is -0.460. The zero-order chi connectivity index (χ0) is 11.3. The standard InChI is InChI=1S/C12H19NO2/c1-9(2)13-8-12(14)10-4-6-11(15-3)7-5-10/h4-7,9,12-14H,8H2,1-3H3/t12-/m0/s1. The van der Waals surface area contributed by atoms with Crippen LogP contribution in [0.4, 0.5) is 0 Å². The van der Waals surface area contributed by atoms with E-state index in [2.05, 4.69) is 19.2 Å². The molecule has 0 radical (unpaired) electrons. The van der Waals surface area contributed by atoms with Gasteiger partial charge in [-0.1, -0.05) is 26.0 Å². The van der Waals surface area contributed by atoms with E-state index in [1.165, 1.54) is 0 Å². The van der Waals surface area contributed by atoms with Gasteiger partial charge in [-0.3, -0.25) is 0 Å². The van der Waals surface area contributed by atoms with Gasteiger partial charge in [0, 0.05) is 12.6 Å². The van der Waals surface area contributed by atoms with Crippen molar-refractivity contribution in [1.29, 1.82) is 0 Å². The Hall–Kier alpha value is -1.06. The lowest BCUT2D eigenvalue weighted by Gasteiger charge is -2.14. The molecule has 0 spiro atoms. The highest BCUT2D eigenvalue weighted by atomic mass is 16.5. The molecule has 0 heterocycles. The number of ether oxygens (including phenoxy) is 1. The largest absolute Gasteiger partial charge is 0.497 e. The highest BCUT2D eigenvalue weighted by molar-refractivity contribution is 5.28. The second kappa shape index (κ2) is 5.73. The third-order valence-corrected chi connectivity index (χ3v) is 2.22. The van der Waals surface area contributed by atoms with Gasteiger partial charge >= 0.3 is 0 Å². The van der Waals surface area contributed by atoms with Crippen LogP contribution >= 0.6 is 0 Å². The fourth-order valence-corrected chi connectivity index (χ4v) is 1.29. The molecule has 3 nitrogen and oxygen atoms in total. The van der Waals surface area contributed by atoms with E-state index in [9.17, 15) is 5.11 Å². The Labute approximate surface area is 91.1 Å². The summed E-state index contributed by atoms with van der Waals surface area (Å²) in [7, 11) is 1.63. The average molecular weight is 209 g/mol. The van der Waals surface area contributed by atoms with E-state index >= 15 is 0 Å². The minimum absolute atomic E-state index is 0.387. The zero-order valence-electron chi connectivity index (χ0n) is 9.53. The van der Waals surface area contributed by atoms with Gasteiger partial charge in [0.15, 0.2) is 0 Å². The quantitative estimate of drug-likeness (QED) is 0.776. The topological polar surface area (TPSA) is 41.5 Å². The van der Waals surface area contributed by atoms with Gasteiger partial charge in [0.1, 0.15) is 5.75 Å². The van der Waals surface area contributed by atoms with Crippen LogP contribution in [0.25, 0.3) is 0 Å². The van der Waals surface area contributed by atoms with E-state index in [0.29, 0.717) is 12.6 Å². The van der Waals surface area contributed by atoms with Crippen molar-refractivity contribution in [2.45, 2.75) is 26.0 Å². The Bertz CT molecular complexity index is 282.